The SMILES string of the molecule is O=C(C1CCN(S(=O)(=O)c2cccnc2Cl)CC1)N(CC1CCCO1)C1CCSC1. The molecule has 166 valence electrons. The summed E-state index contributed by atoms with van der Waals surface area (Å²) in [6, 6.07) is 3.31. The molecule has 7 nitrogen and oxygen atoms in total. The second-order valence-electron chi connectivity index (χ2n) is 8.11. The Balaban J connectivity index is 1.41. The molecule has 3 fully saturated rings. The Labute approximate surface area is 187 Å². The van der Waals surface area contributed by atoms with Crippen LogP contribution in [0.3, 0.4) is 0 Å². The lowest BCUT2D eigenvalue weighted by Crippen LogP contribution is -2.50. The summed E-state index contributed by atoms with van der Waals surface area (Å²) < 4.78 is 33.1. The first kappa shape index (κ1) is 22.3. The first-order chi connectivity index (χ1) is 14.5. The number of pyridine rings is 1. The Kier molecular flexibility index (Phi) is 7.24. The molecule has 2 atom stereocenters. The highest BCUT2D eigenvalue weighted by Gasteiger charge is 2.38. The summed E-state index contributed by atoms with van der Waals surface area (Å²) in [6.07, 6.45) is 5.74. The third-order valence-corrected chi connectivity index (χ3v) is 9.69. The number of ether oxygens (including phenoxy) is 1. The average Bonchev–Trinajstić information content (AvgIpc) is 3.46. The van der Waals surface area contributed by atoms with E-state index in [4.69, 9.17) is 16.3 Å². The van der Waals surface area contributed by atoms with Crippen LogP contribution in [0, 0.1) is 5.92 Å². The molecule has 3 saturated heterocycles. The molecule has 0 aromatic carbocycles. The minimum atomic E-state index is -3.71. The molecule has 0 N–H and O–H groups in total. The largest absolute Gasteiger partial charge is 0.376 e. The van der Waals surface area contributed by atoms with E-state index in [-0.39, 0.29) is 34.0 Å². The Morgan fingerprint density at radius 1 is 1.30 bits per heavy atom. The van der Waals surface area contributed by atoms with Gasteiger partial charge in [-0.15, -0.1) is 0 Å². The number of piperidine rings is 1. The van der Waals surface area contributed by atoms with Gasteiger partial charge in [-0.2, -0.15) is 16.1 Å². The molecule has 3 aliphatic rings. The van der Waals surface area contributed by atoms with E-state index in [1.807, 2.05) is 16.7 Å². The highest BCUT2D eigenvalue weighted by atomic mass is 35.5. The van der Waals surface area contributed by atoms with Crippen molar-refractivity contribution < 1.29 is 17.9 Å². The fourth-order valence-corrected chi connectivity index (χ4v) is 7.60. The maximum atomic E-state index is 13.4. The van der Waals surface area contributed by atoms with Gasteiger partial charge in [0.15, 0.2) is 0 Å². The predicted octanol–water partition coefficient (Wildman–Crippen LogP) is 2.65. The van der Waals surface area contributed by atoms with Crippen LogP contribution in [0.2, 0.25) is 5.15 Å². The Morgan fingerprint density at radius 3 is 2.73 bits per heavy atom. The van der Waals surface area contributed by atoms with Gasteiger partial charge in [-0.25, -0.2) is 13.4 Å². The minimum Gasteiger partial charge on any atom is -0.376 e. The quantitative estimate of drug-likeness (QED) is 0.591. The lowest BCUT2D eigenvalue weighted by molar-refractivity contribution is -0.140. The first-order valence-electron chi connectivity index (χ1n) is 10.6. The molecule has 0 spiro atoms. The second kappa shape index (κ2) is 9.73. The van der Waals surface area contributed by atoms with Crippen molar-refractivity contribution in [2.45, 2.75) is 49.1 Å². The normalized spacial score (nSPS) is 26.2. The number of amides is 1. The molecule has 2 unspecified atom stereocenters. The van der Waals surface area contributed by atoms with E-state index in [2.05, 4.69) is 4.98 Å². The van der Waals surface area contributed by atoms with Gasteiger partial charge in [0.05, 0.1) is 6.10 Å². The number of thioether (sulfide) groups is 1. The van der Waals surface area contributed by atoms with Crippen molar-refractivity contribution in [3.8, 4) is 0 Å². The zero-order valence-corrected chi connectivity index (χ0v) is 19.3. The zero-order valence-electron chi connectivity index (χ0n) is 16.9. The molecule has 0 bridgehead atoms. The Bertz CT molecular complexity index is 849. The standard InChI is InChI=1S/C20H28ClN3O4S2/c21-19-18(4-1-8-22-19)30(26,27)23-9-5-15(6-10-23)20(25)24(16-7-12-29-14-16)13-17-3-2-11-28-17/h1,4,8,15-17H,2-3,5-7,9-14H2. The smallest absolute Gasteiger partial charge is 0.246 e. The van der Waals surface area contributed by atoms with E-state index in [1.165, 1.54) is 16.6 Å². The molecule has 0 radical (unpaired) electrons. The van der Waals surface area contributed by atoms with Crippen LogP contribution in [-0.4, -0.2) is 78.4 Å². The second-order valence-corrected chi connectivity index (χ2v) is 11.5. The number of carbonyl (C=O) groups is 1. The summed E-state index contributed by atoms with van der Waals surface area (Å²) >= 11 is 7.91. The number of hydrogen-bond acceptors (Lipinski definition) is 6. The molecule has 3 aliphatic heterocycles. The lowest BCUT2D eigenvalue weighted by Gasteiger charge is -2.37. The number of halogens is 1. The molecule has 4 rings (SSSR count). The fraction of sp³-hybridized carbons (Fsp3) is 0.700. The minimum absolute atomic E-state index is 0.0165. The first-order valence-corrected chi connectivity index (χ1v) is 13.5. The van der Waals surface area contributed by atoms with Crippen molar-refractivity contribution in [1.82, 2.24) is 14.2 Å². The van der Waals surface area contributed by atoms with Gasteiger partial charge >= 0.3 is 0 Å². The van der Waals surface area contributed by atoms with E-state index in [9.17, 15) is 13.2 Å². The van der Waals surface area contributed by atoms with Crippen LogP contribution in [0.1, 0.15) is 32.1 Å². The summed E-state index contributed by atoms with van der Waals surface area (Å²) in [4.78, 5) is 19.4. The zero-order chi connectivity index (χ0) is 21.1. The maximum absolute atomic E-state index is 13.4. The van der Waals surface area contributed by atoms with E-state index in [0.717, 1.165) is 37.4 Å². The summed E-state index contributed by atoms with van der Waals surface area (Å²) in [5.41, 5.74) is 0. The van der Waals surface area contributed by atoms with Gasteiger partial charge in [0.25, 0.3) is 0 Å². The van der Waals surface area contributed by atoms with Crippen LogP contribution in [0.4, 0.5) is 0 Å². The van der Waals surface area contributed by atoms with Gasteiger partial charge in [0.2, 0.25) is 15.9 Å². The number of aromatic nitrogens is 1. The molecule has 1 aromatic heterocycles. The summed E-state index contributed by atoms with van der Waals surface area (Å²) in [7, 11) is -3.71. The van der Waals surface area contributed by atoms with Crippen LogP contribution in [0.15, 0.2) is 23.2 Å². The topological polar surface area (TPSA) is 79.8 Å². The Morgan fingerprint density at radius 2 is 2.10 bits per heavy atom. The van der Waals surface area contributed by atoms with Crippen molar-refractivity contribution in [1.29, 1.82) is 0 Å². The highest BCUT2D eigenvalue weighted by molar-refractivity contribution is 7.99. The average molecular weight is 474 g/mol. The molecule has 30 heavy (non-hydrogen) atoms. The molecular formula is C20H28ClN3O4S2. The molecule has 4 heterocycles. The van der Waals surface area contributed by atoms with Crippen LogP contribution in [0.5, 0.6) is 0 Å². The molecule has 0 aliphatic carbocycles. The van der Waals surface area contributed by atoms with Crippen LogP contribution >= 0.6 is 23.4 Å². The third-order valence-electron chi connectivity index (χ3n) is 6.20. The van der Waals surface area contributed by atoms with Crippen molar-refractivity contribution >= 4 is 39.3 Å². The van der Waals surface area contributed by atoms with Gasteiger partial charge in [-0.05, 0) is 50.0 Å². The molecular weight excluding hydrogens is 446 g/mol. The fourth-order valence-electron chi connectivity index (χ4n) is 4.47. The van der Waals surface area contributed by atoms with Crippen LogP contribution in [0.25, 0.3) is 0 Å². The predicted molar refractivity (Wildman–Crippen MR) is 117 cm³/mol. The van der Waals surface area contributed by atoms with Gasteiger partial charge < -0.3 is 9.64 Å². The number of hydrogen-bond donors (Lipinski definition) is 0. The van der Waals surface area contributed by atoms with Gasteiger partial charge in [-0.1, -0.05) is 11.6 Å². The molecule has 0 saturated carbocycles. The molecule has 1 aromatic rings. The van der Waals surface area contributed by atoms with Gasteiger partial charge in [0, 0.05) is 50.2 Å². The van der Waals surface area contributed by atoms with E-state index in [1.54, 1.807) is 6.07 Å². The van der Waals surface area contributed by atoms with Crippen LogP contribution in [-0.2, 0) is 19.6 Å². The number of sulfonamides is 1. The Hall–Kier alpha value is -0.870. The van der Waals surface area contributed by atoms with E-state index in [0.29, 0.717) is 32.5 Å². The van der Waals surface area contributed by atoms with E-state index >= 15 is 0 Å². The molecule has 1 amide bonds. The molecule has 10 heteroatoms. The van der Waals surface area contributed by atoms with Crippen molar-refractivity contribution in [3.05, 3.63) is 23.5 Å². The third kappa shape index (κ3) is 4.80. The summed E-state index contributed by atoms with van der Waals surface area (Å²) in [5, 5.41) is -0.0165. The monoisotopic (exact) mass is 473 g/mol. The number of nitrogens with zero attached hydrogens (tertiary/aromatic N) is 3. The van der Waals surface area contributed by atoms with Crippen LogP contribution < -0.4 is 0 Å². The lowest BCUT2D eigenvalue weighted by atomic mass is 9.95. The van der Waals surface area contributed by atoms with E-state index < -0.39 is 10.0 Å². The van der Waals surface area contributed by atoms with Crippen molar-refractivity contribution in [3.63, 3.8) is 0 Å². The summed E-state index contributed by atoms with van der Waals surface area (Å²) in [6.45, 7) is 2.07. The van der Waals surface area contributed by atoms with Crippen molar-refractivity contribution in [2.75, 3.05) is 37.7 Å². The number of rotatable bonds is 6. The van der Waals surface area contributed by atoms with Gasteiger partial charge in [-0.3, -0.25) is 4.79 Å². The maximum Gasteiger partial charge on any atom is 0.246 e. The number of carbonyl (C=O) groups excluding carboxylic acids is 1. The van der Waals surface area contributed by atoms with Crippen molar-refractivity contribution in [2.24, 2.45) is 5.92 Å². The van der Waals surface area contributed by atoms with Gasteiger partial charge in [0.1, 0.15) is 10.0 Å². The highest BCUT2D eigenvalue weighted by Crippen LogP contribution is 2.31. The summed E-state index contributed by atoms with van der Waals surface area (Å²) in [5.74, 6) is 2.08.